The summed E-state index contributed by atoms with van der Waals surface area (Å²) in [6.45, 7) is 2.85. The molecule has 1 aliphatic heterocycles. The van der Waals surface area contributed by atoms with E-state index in [2.05, 4.69) is 28.0 Å². The van der Waals surface area contributed by atoms with Gasteiger partial charge in [0.05, 0.1) is 22.3 Å². The molecule has 0 aromatic heterocycles. The lowest BCUT2D eigenvalue weighted by atomic mass is 9.39. The number of carbonyl (C=O) groups is 2. The maximum absolute atomic E-state index is 12.6. The standard InChI is InChI=1S/C20H32Cl2N4O3/c1-12-5-13(26(2)25-12)7-23-18(28)19-9-20(10-19,11-19)24-17(27)8-29-14-3-4-15(21)16(22)6-14/h12-16,25H,3-11H2,1-2H3,(H,23,28)(H,24,27). The van der Waals surface area contributed by atoms with E-state index in [4.69, 9.17) is 27.9 Å². The van der Waals surface area contributed by atoms with Gasteiger partial charge in [-0.1, -0.05) is 0 Å². The third-order valence-corrected chi connectivity index (χ3v) is 8.24. The van der Waals surface area contributed by atoms with Crippen LogP contribution in [0.1, 0.15) is 51.9 Å². The first kappa shape index (κ1) is 21.6. The summed E-state index contributed by atoms with van der Waals surface area (Å²) in [6, 6.07) is 0.770. The molecule has 5 aliphatic rings. The minimum Gasteiger partial charge on any atom is -0.368 e. The second kappa shape index (κ2) is 8.15. The molecule has 7 nitrogen and oxygen atoms in total. The third kappa shape index (κ3) is 4.40. The van der Waals surface area contributed by atoms with Gasteiger partial charge in [-0.05, 0) is 51.9 Å². The molecule has 0 spiro atoms. The summed E-state index contributed by atoms with van der Waals surface area (Å²) in [6.07, 6.45) is 5.55. The van der Waals surface area contributed by atoms with Crippen LogP contribution < -0.4 is 16.1 Å². The van der Waals surface area contributed by atoms with Gasteiger partial charge in [-0.2, -0.15) is 0 Å². The number of carbonyl (C=O) groups excluding carboxylic acids is 2. The normalized spacial score (nSPS) is 43.9. The molecule has 29 heavy (non-hydrogen) atoms. The van der Waals surface area contributed by atoms with Crippen LogP contribution in [0.25, 0.3) is 0 Å². The molecule has 9 heteroatoms. The number of nitrogens with one attached hydrogen (secondary N) is 3. The van der Waals surface area contributed by atoms with E-state index in [0.29, 0.717) is 25.0 Å². The van der Waals surface area contributed by atoms with E-state index in [1.165, 1.54) is 0 Å². The summed E-state index contributed by atoms with van der Waals surface area (Å²) >= 11 is 12.3. The SMILES string of the molecule is CC1CC(CNC(=O)C23CC(NC(=O)COC4CCC(Cl)C(Cl)C4)(C2)C3)N(C)N1. The molecule has 5 rings (SSSR count). The number of ether oxygens (including phenoxy) is 1. The van der Waals surface area contributed by atoms with Crippen LogP contribution in [0.15, 0.2) is 0 Å². The molecule has 1 saturated heterocycles. The number of alkyl halides is 2. The van der Waals surface area contributed by atoms with Gasteiger partial charge in [-0.3, -0.25) is 15.0 Å². The Bertz CT molecular complexity index is 644. The van der Waals surface area contributed by atoms with Gasteiger partial charge in [0, 0.05) is 31.2 Å². The fourth-order valence-electron chi connectivity index (χ4n) is 5.57. The Morgan fingerprint density at radius 2 is 1.90 bits per heavy atom. The van der Waals surface area contributed by atoms with Gasteiger partial charge >= 0.3 is 0 Å². The topological polar surface area (TPSA) is 82.7 Å². The maximum Gasteiger partial charge on any atom is 0.246 e. The number of amides is 2. The van der Waals surface area contributed by atoms with Gasteiger partial charge in [0.1, 0.15) is 6.61 Å². The number of hydrazine groups is 1. The molecule has 2 amide bonds. The summed E-state index contributed by atoms with van der Waals surface area (Å²) in [4.78, 5) is 24.9. The van der Waals surface area contributed by atoms with Crippen molar-refractivity contribution in [3.63, 3.8) is 0 Å². The number of nitrogens with zero attached hydrogens (tertiary/aromatic N) is 1. The van der Waals surface area contributed by atoms with Gasteiger partial charge < -0.3 is 15.4 Å². The van der Waals surface area contributed by atoms with Crippen LogP contribution in [0.2, 0.25) is 0 Å². The molecule has 0 radical (unpaired) electrons. The van der Waals surface area contributed by atoms with Crippen molar-refractivity contribution in [1.29, 1.82) is 0 Å². The first-order valence-electron chi connectivity index (χ1n) is 10.7. The summed E-state index contributed by atoms with van der Waals surface area (Å²) in [5, 5.41) is 8.18. The van der Waals surface area contributed by atoms with Crippen molar-refractivity contribution in [2.75, 3.05) is 20.2 Å². The van der Waals surface area contributed by atoms with E-state index in [9.17, 15) is 9.59 Å². The lowest BCUT2D eigenvalue weighted by Gasteiger charge is -2.69. The molecule has 3 N–H and O–H groups in total. The van der Waals surface area contributed by atoms with Crippen molar-refractivity contribution in [3.05, 3.63) is 0 Å². The Labute approximate surface area is 182 Å². The minimum atomic E-state index is -0.283. The van der Waals surface area contributed by atoms with Crippen LogP contribution in [0.5, 0.6) is 0 Å². The Hall–Kier alpha value is -0.600. The van der Waals surface area contributed by atoms with Crippen LogP contribution in [0.4, 0.5) is 0 Å². The van der Waals surface area contributed by atoms with E-state index in [-0.39, 0.29) is 46.2 Å². The average Bonchev–Trinajstić information content (AvgIpc) is 2.93. The number of likely N-dealkylation sites (N-methyl/N-ethyl adjacent to an activating group) is 1. The van der Waals surface area contributed by atoms with E-state index in [1.54, 1.807) is 0 Å². The molecule has 5 fully saturated rings. The van der Waals surface area contributed by atoms with E-state index in [1.807, 2.05) is 7.05 Å². The molecule has 5 unspecified atom stereocenters. The minimum absolute atomic E-state index is 0.00525. The van der Waals surface area contributed by atoms with Crippen LogP contribution in [0, 0.1) is 5.41 Å². The van der Waals surface area contributed by atoms with Crippen molar-refractivity contribution in [2.45, 2.75) is 86.4 Å². The second-order valence-electron chi connectivity index (χ2n) is 9.66. The highest BCUT2D eigenvalue weighted by atomic mass is 35.5. The first-order chi connectivity index (χ1) is 13.7. The van der Waals surface area contributed by atoms with Crippen LogP contribution in [-0.4, -0.2) is 71.5 Å². The molecule has 0 aromatic carbocycles. The largest absolute Gasteiger partial charge is 0.368 e. The zero-order valence-electron chi connectivity index (χ0n) is 17.2. The molecule has 0 aromatic rings. The smallest absolute Gasteiger partial charge is 0.246 e. The van der Waals surface area contributed by atoms with Crippen molar-refractivity contribution in [2.24, 2.45) is 5.41 Å². The molecule has 1 heterocycles. The van der Waals surface area contributed by atoms with Gasteiger partial charge in [-0.15, -0.1) is 23.2 Å². The Balaban J connectivity index is 1.14. The summed E-state index contributed by atoms with van der Waals surface area (Å²) in [5.74, 6) is 0.0225. The Morgan fingerprint density at radius 3 is 2.52 bits per heavy atom. The number of rotatable bonds is 7. The highest BCUT2D eigenvalue weighted by molar-refractivity contribution is 6.30. The summed E-state index contributed by atoms with van der Waals surface area (Å²) in [5.41, 5.74) is 2.85. The van der Waals surface area contributed by atoms with Crippen LogP contribution in [-0.2, 0) is 14.3 Å². The zero-order chi connectivity index (χ0) is 20.8. The van der Waals surface area contributed by atoms with Crippen molar-refractivity contribution in [1.82, 2.24) is 21.1 Å². The zero-order valence-corrected chi connectivity index (χ0v) is 18.7. The van der Waals surface area contributed by atoms with Crippen LogP contribution >= 0.6 is 23.2 Å². The highest BCUT2D eigenvalue weighted by Gasteiger charge is 2.72. The van der Waals surface area contributed by atoms with E-state index < -0.39 is 0 Å². The van der Waals surface area contributed by atoms with Crippen molar-refractivity contribution >= 4 is 35.0 Å². The van der Waals surface area contributed by atoms with Gasteiger partial charge in [0.15, 0.2) is 0 Å². The molecule has 164 valence electrons. The Kier molecular flexibility index (Phi) is 6.08. The molecule has 4 saturated carbocycles. The molecular weight excluding hydrogens is 415 g/mol. The molecule has 4 aliphatic carbocycles. The van der Waals surface area contributed by atoms with Gasteiger partial charge in [-0.25, -0.2) is 5.01 Å². The first-order valence-corrected chi connectivity index (χ1v) is 11.6. The fourth-order valence-corrected chi connectivity index (χ4v) is 6.12. The summed E-state index contributed by atoms with van der Waals surface area (Å²) in [7, 11) is 2.02. The second-order valence-corrected chi connectivity index (χ2v) is 10.8. The van der Waals surface area contributed by atoms with Crippen molar-refractivity contribution in [3.8, 4) is 0 Å². The molecule has 5 atom stereocenters. The fraction of sp³-hybridized carbons (Fsp3) is 0.900. The van der Waals surface area contributed by atoms with Crippen molar-refractivity contribution < 1.29 is 14.3 Å². The predicted molar refractivity (Wildman–Crippen MR) is 112 cm³/mol. The maximum atomic E-state index is 12.6. The van der Waals surface area contributed by atoms with E-state index in [0.717, 1.165) is 38.5 Å². The van der Waals surface area contributed by atoms with Crippen LogP contribution in [0.3, 0.4) is 0 Å². The van der Waals surface area contributed by atoms with Gasteiger partial charge in [0.2, 0.25) is 11.8 Å². The lowest BCUT2D eigenvalue weighted by Crippen LogP contribution is -2.78. The monoisotopic (exact) mass is 446 g/mol. The number of hydrogen-bond acceptors (Lipinski definition) is 5. The number of hydrogen-bond donors (Lipinski definition) is 3. The molecular formula is C20H32Cl2N4O3. The average molecular weight is 447 g/mol. The lowest BCUT2D eigenvalue weighted by molar-refractivity contribution is -0.184. The molecule has 2 bridgehead atoms. The quantitative estimate of drug-likeness (QED) is 0.516. The van der Waals surface area contributed by atoms with Gasteiger partial charge in [0.25, 0.3) is 0 Å². The summed E-state index contributed by atoms with van der Waals surface area (Å²) < 4.78 is 5.74. The number of halogens is 2. The highest BCUT2D eigenvalue weighted by Crippen LogP contribution is 2.67. The van der Waals surface area contributed by atoms with E-state index >= 15 is 0 Å². The Morgan fingerprint density at radius 1 is 1.17 bits per heavy atom. The predicted octanol–water partition coefficient (Wildman–Crippen LogP) is 1.52. The third-order valence-electron chi connectivity index (χ3n) is 7.11.